The van der Waals surface area contributed by atoms with Crippen molar-refractivity contribution in [2.24, 2.45) is 0 Å². The minimum atomic E-state index is -4.72. The summed E-state index contributed by atoms with van der Waals surface area (Å²) < 4.78 is 42.1. The molecule has 30 heavy (non-hydrogen) atoms. The number of aliphatic hydroxyl groups is 1. The molecule has 0 unspecified atom stereocenters. The Kier molecular flexibility index (Phi) is 10.7. The largest absolute Gasteiger partial charge is 0.573 e. The molecule has 1 saturated carbocycles. The monoisotopic (exact) mass is 472 g/mol. The van der Waals surface area contributed by atoms with Crippen LogP contribution in [0.15, 0.2) is 24.3 Å². The first kappa shape index (κ1) is 27.3. The molecule has 174 valence electrons. The molecule has 0 radical (unpaired) electrons. The third kappa shape index (κ3) is 7.45. The fourth-order valence-corrected chi connectivity index (χ4v) is 4.69. The molecule has 1 atom stereocenters. The summed E-state index contributed by atoms with van der Waals surface area (Å²) in [7, 11) is 1.97. The Morgan fingerprint density at radius 3 is 2.37 bits per heavy atom. The molecular weight excluding hydrogens is 440 g/mol. The Hall–Kier alpha value is -0.730. The van der Waals surface area contributed by atoms with E-state index >= 15 is 0 Å². The molecule has 0 amide bonds. The molecule has 1 aliphatic carbocycles. The molecule has 1 saturated heterocycles. The van der Waals surface area contributed by atoms with E-state index in [0.717, 1.165) is 50.8 Å². The van der Waals surface area contributed by atoms with E-state index in [-0.39, 0.29) is 36.5 Å². The first-order chi connectivity index (χ1) is 13.3. The Morgan fingerprint density at radius 2 is 1.80 bits per heavy atom. The van der Waals surface area contributed by atoms with Crippen LogP contribution in [-0.4, -0.2) is 54.7 Å². The Balaban J connectivity index is 0.00000225. The molecule has 9 heteroatoms. The van der Waals surface area contributed by atoms with Crippen molar-refractivity contribution in [3.63, 3.8) is 0 Å². The lowest BCUT2D eigenvalue weighted by Gasteiger charge is -2.43. The molecule has 3 rings (SSSR count). The number of hydrogen-bond acceptors (Lipinski definition) is 4. The van der Waals surface area contributed by atoms with Crippen molar-refractivity contribution < 1.29 is 23.0 Å². The van der Waals surface area contributed by atoms with Gasteiger partial charge in [-0.1, -0.05) is 31.4 Å². The van der Waals surface area contributed by atoms with E-state index in [1.807, 2.05) is 13.1 Å². The maximum atomic E-state index is 12.7. The average Bonchev–Trinajstić information content (AvgIpc) is 2.66. The Labute approximate surface area is 189 Å². The summed E-state index contributed by atoms with van der Waals surface area (Å²) in [6.07, 6.45) is 1.74. The standard InChI is InChI=1S/C21H31F3N2O2.2ClH/c1-25-17-8-12-26(13-9-17)15-19(20(27)10-3-2-4-11-20)16-6-5-7-18(14-16)28-21(22,23)24;;/h5-7,14,17,19,25,27H,2-4,8-13,15H2,1H3;2*1H/t19-;;/m1../s1. The Morgan fingerprint density at radius 1 is 1.17 bits per heavy atom. The van der Waals surface area contributed by atoms with Crippen LogP contribution in [0.1, 0.15) is 56.4 Å². The van der Waals surface area contributed by atoms with Gasteiger partial charge in [-0.25, -0.2) is 0 Å². The third-order valence-electron chi connectivity index (χ3n) is 6.30. The van der Waals surface area contributed by atoms with Gasteiger partial charge in [-0.05, 0) is 63.5 Å². The van der Waals surface area contributed by atoms with Gasteiger partial charge in [0.15, 0.2) is 0 Å². The highest BCUT2D eigenvalue weighted by Gasteiger charge is 2.40. The third-order valence-corrected chi connectivity index (χ3v) is 6.30. The number of hydrogen-bond donors (Lipinski definition) is 2. The van der Waals surface area contributed by atoms with Gasteiger partial charge in [0.2, 0.25) is 0 Å². The van der Waals surface area contributed by atoms with E-state index in [4.69, 9.17) is 0 Å². The van der Waals surface area contributed by atoms with Gasteiger partial charge in [-0.15, -0.1) is 38.0 Å². The number of benzene rings is 1. The minimum absolute atomic E-state index is 0. The Bertz CT molecular complexity index is 635. The summed E-state index contributed by atoms with van der Waals surface area (Å²) in [5.74, 6) is -0.445. The lowest BCUT2D eigenvalue weighted by atomic mass is 9.72. The van der Waals surface area contributed by atoms with E-state index in [9.17, 15) is 18.3 Å². The number of rotatable bonds is 6. The van der Waals surface area contributed by atoms with Gasteiger partial charge in [0.05, 0.1) is 5.60 Å². The number of halogens is 5. The normalized spacial score (nSPS) is 21.2. The van der Waals surface area contributed by atoms with Gasteiger partial charge in [0, 0.05) is 18.5 Å². The summed E-state index contributed by atoms with van der Waals surface area (Å²) in [4.78, 5) is 2.34. The highest BCUT2D eigenvalue weighted by atomic mass is 35.5. The van der Waals surface area contributed by atoms with Gasteiger partial charge in [-0.3, -0.25) is 0 Å². The van der Waals surface area contributed by atoms with Gasteiger partial charge >= 0.3 is 6.36 Å². The molecule has 1 aromatic carbocycles. The van der Waals surface area contributed by atoms with E-state index in [1.54, 1.807) is 6.07 Å². The summed E-state index contributed by atoms with van der Waals surface area (Å²) in [6, 6.07) is 6.68. The van der Waals surface area contributed by atoms with Crippen molar-refractivity contribution in [1.29, 1.82) is 0 Å². The summed E-state index contributed by atoms with van der Waals surface area (Å²) >= 11 is 0. The van der Waals surface area contributed by atoms with E-state index in [0.29, 0.717) is 25.4 Å². The zero-order valence-electron chi connectivity index (χ0n) is 17.3. The van der Waals surface area contributed by atoms with Crippen molar-refractivity contribution in [3.8, 4) is 5.75 Å². The molecule has 0 aromatic heterocycles. The number of nitrogens with zero attached hydrogens (tertiary/aromatic N) is 1. The van der Waals surface area contributed by atoms with Crippen LogP contribution in [0.5, 0.6) is 5.75 Å². The number of ether oxygens (including phenoxy) is 1. The van der Waals surface area contributed by atoms with Gasteiger partial charge in [0.1, 0.15) is 5.75 Å². The van der Waals surface area contributed by atoms with Crippen LogP contribution in [0.25, 0.3) is 0 Å². The molecule has 0 bridgehead atoms. The first-order valence-corrected chi connectivity index (χ1v) is 10.3. The fourth-order valence-electron chi connectivity index (χ4n) is 4.69. The summed E-state index contributed by atoms with van der Waals surface area (Å²) in [5, 5.41) is 14.7. The van der Waals surface area contributed by atoms with Crippen molar-refractivity contribution in [1.82, 2.24) is 10.2 Å². The first-order valence-electron chi connectivity index (χ1n) is 10.3. The van der Waals surface area contributed by atoms with Crippen LogP contribution in [0.4, 0.5) is 13.2 Å². The molecule has 2 N–H and O–H groups in total. The summed E-state index contributed by atoms with van der Waals surface area (Å²) in [5.41, 5.74) is -0.156. The van der Waals surface area contributed by atoms with E-state index < -0.39 is 12.0 Å². The number of piperidine rings is 1. The van der Waals surface area contributed by atoms with E-state index in [2.05, 4.69) is 15.0 Å². The van der Waals surface area contributed by atoms with Gasteiger partial charge in [-0.2, -0.15) is 0 Å². The lowest BCUT2D eigenvalue weighted by Crippen LogP contribution is -2.48. The number of nitrogens with one attached hydrogen (secondary N) is 1. The molecule has 1 heterocycles. The van der Waals surface area contributed by atoms with E-state index in [1.165, 1.54) is 12.1 Å². The minimum Gasteiger partial charge on any atom is -0.406 e. The van der Waals surface area contributed by atoms with Crippen molar-refractivity contribution >= 4 is 24.8 Å². The van der Waals surface area contributed by atoms with Crippen molar-refractivity contribution in [2.75, 3.05) is 26.7 Å². The second kappa shape index (κ2) is 11.8. The highest BCUT2D eigenvalue weighted by Crippen LogP contribution is 2.41. The van der Waals surface area contributed by atoms with Crippen molar-refractivity contribution in [2.45, 2.75) is 68.9 Å². The zero-order chi connectivity index (χ0) is 20.2. The average molecular weight is 473 g/mol. The molecule has 1 aliphatic heterocycles. The second-order valence-corrected chi connectivity index (χ2v) is 8.20. The molecule has 0 spiro atoms. The predicted octanol–water partition coefficient (Wildman–Crippen LogP) is 4.89. The molecular formula is C21H33Cl2F3N2O2. The maximum absolute atomic E-state index is 12.7. The smallest absolute Gasteiger partial charge is 0.406 e. The molecule has 4 nitrogen and oxygen atoms in total. The maximum Gasteiger partial charge on any atom is 0.573 e. The quantitative estimate of drug-likeness (QED) is 0.618. The van der Waals surface area contributed by atoms with Crippen LogP contribution in [-0.2, 0) is 0 Å². The van der Waals surface area contributed by atoms with Gasteiger partial charge < -0.3 is 20.1 Å². The fraction of sp³-hybridized carbons (Fsp3) is 0.714. The second-order valence-electron chi connectivity index (χ2n) is 8.20. The number of likely N-dealkylation sites (tertiary alicyclic amines) is 1. The van der Waals surface area contributed by atoms with Gasteiger partial charge in [0.25, 0.3) is 0 Å². The molecule has 2 fully saturated rings. The molecule has 2 aliphatic rings. The number of alkyl halides is 3. The van der Waals surface area contributed by atoms with Crippen LogP contribution in [0, 0.1) is 0 Å². The zero-order valence-corrected chi connectivity index (χ0v) is 18.9. The van der Waals surface area contributed by atoms with Crippen molar-refractivity contribution in [3.05, 3.63) is 29.8 Å². The molecule has 1 aromatic rings. The SMILES string of the molecule is CNC1CCN(C[C@H](c2cccc(OC(F)(F)F)c2)C2(O)CCCCC2)CC1.Cl.Cl. The highest BCUT2D eigenvalue weighted by molar-refractivity contribution is 5.85. The summed E-state index contributed by atoms with van der Waals surface area (Å²) in [6.45, 7) is 2.51. The van der Waals surface area contributed by atoms with Crippen LogP contribution in [0.3, 0.4) is 0 Å². The lowest BCUT2D eigenvalue weighted by molar-refractivity contribution is -0.274. The van der Waals surface area contributed by atoms with Crippen LogP contribution in [0.2, 0.25) is 0 Å². The van der Waals surface area contributed by atoms with Crippen LogP contribution >= 0.6 is 24.8 Å². The predicted molar refractivity (Wildman–Crippen MR) is 117 cm³/mol. The topological polar surface area (TPSA) is 44.7 Å². The van der Waals surface area contributed by atoms with Crippen LogP contribution < -0.4 is 10.1 Å².